The highest BCUT2D eigenvalue weighted by atomic mass is 28.4. The standard InChI is InChI=1S/C30H33FO4Si/c1-30(2,3)36(24-11-7-5-8-12-24,25-13-9-6-10-14-25)35-18-17-26-27(31)16-15-22-19-23(34-21-33-4)20-28(32)29(22)26/h5-16,19-20,32H,17-18,21H2,1-4H3. The molecule has 0 bridgehead atoms. The third-order valence-electron chi connectivity index (χ3n) is 6.55. The number of phenols is 1. The Labute approximate surface area is 213 Å². The molecule has 0 aliphatic carbocycles. The average Bonchev–Trinajstić information content (AvgIpc) is 2.87. The van der Waals surface area contributed by atoms with Gasteiger partial charge in [-0.25, -0.2) is 4.39 Å². The van der Waals surface area contributed by atoms with Crippen molar-refractivity contribution >= 4 is 29.5 Å². The van der Waals surface area contributed by atoms with E-state index in [-0.39, 0.29) is 23.4 Å². The number of halogens is 1. The topological polar surface area (TPSA) is 47.9 Å². The van der Waals surface area contributed by atoms with Crippen LogP contribution in [0, 0.1) is 5.82 Å². The summed E-state index contributed by atoms with van der Waals surface area (Å²) in [5, 5.41) is 14.1. The van der Waals surface area contributed by atoms with Crippen LogP contribution in [0.4, 0.5) is 4.39 Å². The molecule has 4 aromatic carbocycles. The van der Waals surface area contributed by atoms with Crippen molar-refractivity contribution in [1.82, 2.24) is 0 Å². The van der Waals surface area contributed by atoms with Gasteiger partial charge in [-0.05, 0) is 39.4 Å². The van der Waals surface area contributed by atoms with E-state index in [4.69, 9.17) is 13.9 Å². The number of fused-ring (bicyclic) bond motifs is 1. The maximum absolute atomic E-state index is 15.1. The van der Waals surface area contributed by atoms with E-state index in [2.05, 4.69) is 45.0 Å². The molecule has 36 heavy (non-hydrogen) atoms. The molecule has 0 saturated carbocycles. The molecule has 4 aromatic rings. The van der Waals surface area contributed by atoms with E-state index in [0.717, 1.165) is 0 Å². The summed E-state index contributed by atoms with van der Waals surface area (Å²) < 4.78 is 32.5. The van der Waals surface area contributed by atoms with Gasteiger partial charge in [0.1, 0.15) is 17.3 Å². The molecule has 0 amide bonds. The zero-order chi connectivity index (χ0) is 25.8. The number of ether oxygens (including phenoxy) is 2. The molecule has 0 atom stereocenters. The first kappa shape index (κ1) is 25.9. The van der Waals surface area contributed by atoms with Crippen LogP contribution in [0.25, 0.3) is 10.8 Å². The van der Waals surface area contributed by atoms with E-state index in [1.807, 2.05) is 36.4 Å². The summed E-state index contributed by atoms with van der Waals surface area (Å²) in [6.45, 7) is 7.01. The van der Waals surface area contributed by atoms with Crippen LogP contribution in [0.3, 0.4) is 0 Å². The lowest BCUT2D eigenvalue weighted by Gasteiger charge is -2.43. The van der Waals surface area contributed by atoms with Gasteiger partial charge in [-0.1, -0.05) is 87.5 Å². The molecule has 6 heteroatoms. The summed E-state index contributed by atoms with van der Waals surface area (Å²) in [6, 6.07) is 27.1. The van der Waals surface area contributed by atoms with Crippen LogP contribution < -0.4 is 15.1 Å². The van der Waals surface area contributed by atoms with Crippen LogP contribution in [0.1, 0.15) is 26.3 Å². The van der Waals surface area contributed by atoms with E-state index >= 15 is 4.39 Å². The summed E-state index contributed by atoms with van der Waals surface area (Å²) in [6.07, 6.45) is 0.319. The van der Waals surface area contributed by atoms with Crippen molar-refractivity contribution in [2.45, 2.75) is 32.2 Å². The Balaban J connectivity index is 1.72. The molecule has 0 spiro atoms. The highest BCUT2D eigenvalue weighted by Gasteiger charge is 2.50. The number of methoxy groups -OCH3 is 1. The van der Waals surface area contributed by atoms with Gasteiger partial charge in [-0.15, -0.1) is 0 Å². The first-order valence-electron chi connectivity index (χ1n) is 12.1. The van der Waals surface area contributed by atoms with Crippen molar-refractivity contribution in [1.29, 1.82) is 0 Å². The molecule has 0 aliphatic heterocycles. The number of rotatable bonds is 9. The Kier molecular flexibility index (Phi) is 7.78. The van der Waals surface area contributed by atoms with Crippen molar-refractivity contribution < 1.29 is 23.4 Å². The average molecular weight is 505 g/mol. The Morgan fingerprint density at radius 1 is 0.861 bits per heavy atom. The molecule has 0 fully saturated rings. The molecule has 4 rings (SSSR count). The van der Waals surface area contributed by atoms with Gasteiger partial charge in [0, 0.05) is 30.7 Å². The Hall–Kier alpha value is -3.19. The second-order valence-electron chi connectivity index (χ2n) is 9.88. The van der Waals surface area contributed by atoms with Crippen LogP contribution in [0.5, 0.6) is 11.5 Å². The van der Waals surface area contributed by atoms with Crippen molar-refractivity contribution in [3.63, 3.8) is 0 Å². The highest BCUT2D eigenvalue weighted by molar-refractivity contribution is 6.99. The second-order valence-corrected chi connectivity index (χ2v) is 14.2. The number of phenolic OH excluding ortho intramolecular Hbond substituents is 1. The maximum atomic E-state index is 15.1. The van der Waals surface area contributed by atoms with Crippen LogP contribution in [-0.4, -0.2) is 33.9 Å². The fraction of sp³-hybridized carbons (Fsp3) is 0.267. The largest absolute Gasteiger partial charge is 0.507 e. The molecule has 188 valence electrons. The Morgan fingerprint density at radius 2 is 1.47 bits per heavy atom. The van der Waals surface area contributed by atoms with Crippen LogP contribution >= 0.6 is 0 Å². The molecule has 0 aliphatic rings. The van der Waals surface area contributed by atoms with Crippen LogP contribution in [-0.2, 0) is 15.6 Å². The van der Waals surface area contributed by atoms with Gasteiger partial charge >= 0.3 is 0 Å². The predicted octanol–water partition coefficient (Wildman–Crippen LogP) is 5.79. The summed E-state index contributed by atoms with van der Waals surface area (Å²) in [5.74, 6) is 0.0657. The molecule has 0 heterocycles. The lowest BCUT2D eigenvalue weighted by Crippen LogP contribution is -2.66. The SMILES string of the molecule is COCOc1cc(O)c2c(CCO[Si](c3ccccc3)(c3ccccc3)C(C)(C)C)c(F)ccc2c1. The minimum atomic E-state index is -2.74. The van der Waals surface area contributed by atoms with Gasteiger partial charge in [0.2, 0.25) is 0 Å². The normalized spacial score (nSPS) is 12.1. The van der Waals surface area contributed by atoms with Gasteiger partial charge in [0.05, 0.1) is 0 Å². The van der Waals surface area contributed by atoms with Gasteiger partial charge in [0.25, 0.3) is 8.32 Å². The second kappa shape index (κ2) is 10.8. The minimum Gasteiger partial charge on any atom is -0.507 e. The van der Waals surface area contributed by atoms with Crippen molar-refractivity contribution in [3.05, 3.63) is 96.3 Å². The van der Waals surface area contributed by atoms with Crippen LogP contribution in [0.15, 0.2) is 84.9 Å². The van der Waals surface area contributed by atoms with Crippen molar-refractivity contribution in [2.24, 2.45) is 0 Å². The number of benzene rings is 4. The molecule has 4 nitrogen and oxygen atoms in total. The quantitative estimate of drug-likeness (QED) is 0.232. The van der Waals surface area contributed by atoms with Gasteiger partial charge < -0.3 is 19.0 Å². The minimum absolute atomic E-state index is 0.0291. The fourth-order valence-electron chi connectivity index (χ4n) is 4.99. The Morgan fingerprint density at radius 3 is 2.03 bits per heavy atom. The first-order valence-corrected chi connectivity index (χ1v) is 14.0. The smallest absolute Gasteiger partial charge is 0.261 e. The van der Waals surface area contributed by atoms with Crippen LogP contribution in [0.2, 0.25) is 5.04 Å². The molecule has 1 N–H and O–H groups in total. The van der Waals surface area contributed by atoms with Gasteiger partial charge in [-0.3, -0.25) is 0 Å². The van der Waals surface area contributed by atoms with E-state index in [0.29, 0.717) is 35.1 Å². The summed E-state index contributed by atoms with van der Waals surface area (Å²) in [5.41, 5.74) is 0.432. The predicted molar refractivity (Wildman–Crippen MR) is 145 cm³/mol. The molecule has 0 saturated heterocycles. The third-order valence-corrected chi connectivity index (χ3v) is 11.6. The van der Waals surface area contributed by atoms with E-state index in [9.17, 15) is 5.11 Å². The van der Waals surface area contributed by atoms with Crippen molar-refractivity contribution in [3.8, 4) is 11.5 Å². The van der Waals surface area contributed by atoms with Crippen molar-refractivity contribution in [2.75, 3.05) is 20.5 Å². The van der Waals surface area contributed by atoms with E-state index in [1.54, 1.807) is 12.1 Å². The molecular weight excluding hydrogens is 471 g/mol. The molecular formula is C30H33FO4Si. The third kappa shape index (κ3) is 5.02. The fourth-order valence-corrected chi connectivity index (χ4v) is 9.55. The number of aromatic hydroxyl groups is 1. The lowest BCUT2D eigenvalue weighted by molar-refractivity contribution is 0.0511. The molecule has 0 aromatic heterocycles. The summed E-state index contributed by atoms with van der Waals surface area (Å²) >= 11 is 0. The Bertz CT molecular complexity index is 1260. The van der Waals surface area contributed by atoms with Gasteiger partial charge in [-0.2, -0.15) is 0 Å². The number of hydrogen-bond donors (Lipinski definition) is 1. The number of hydrogen-bond acceptors (Lipinski definition) is 4. The van der Waals surface area contributed by atoms with E-state index < -0.39 is 8.32 Å². The monoisotopic (exact) mass is 504 g/mol. The molecule has 0 radical (unpaired) electrons. The van der Waals surface area contributed by atoms with Gasteiger partial charge in [0.15, 0.2) is 6.79 Å². The first-order chi connectivity index (χ1) is 17.3. The highest BCUT2D eigenvalue weighted by Crippen LogP contribution is 2.38. The molecule has 0 unspecified atom stereocenters. The maximum Gasteiger partial charge on any atom is 0.261 e. The zero-order valence-corrected chi connectivity index (χ0v) is 22.3. The summed E-state index contributed by atoms with van der Waals surface area (Å²) in [4.78, 5) is 0. The van der Waals surface area contributed by atoms with E-state index in [1.165, 1.54) is 29.6 Å². The lowest BCUT2D eigenvalue weighted by atomic mass is 10.0. The zero-order valence-electron chi connectivity index (χ0n) is 21.3. The summed E-state index contributed by atoms with van der Waals surface area (Å²) in [7, 11) is -1.22.